The quantitative estimate of drug-likeness (QED) is 0.686. The molecule has 2 saturated carbocycles. The summed E-state index contributed by atoms with van der Waals surface area (Å²) < 4.78 is 28.2. The maximum atomic E-state index is 13.1. The normalized spacial score (nSPS) is 22.2. The number of alkyl halides is 2. The summed E-state index contributed by atoms with van der Waals surface area (Å²) in [5.74, 6) is 7.55. The Kier molecular flexibility index (Phi) is 4.49. The maximum absolute atomic E-state index is 13.1. The highest BCUT2D eigenvalue weighted by Crippen LogP contribution is 2.54. The van der Waals surface area contributed by atoms with Gasteiger partial charge in [-0.15, -0.1) is 0 Å². The molecule has 0 atom stereocenters. The number of amides is 2. The number of rotatable bonds is 3. The Morgan fingerprint density at radius 2 is 1.88 bits per heavy atom. The molecule has 2 amide bonds. The molecule has 0 radical (unpaired) electrons. The minimum atomic E-state index is -2.53. The third kappa shape index (κ3) is 3.44. The number of benzene rings is 1. The van der Waals surface area contributed by atoms with Crippen LogP contribution in [0.1, 0.15) is 61.0 Å². The van der Waals surface area contributed by atoms with Gasteiger partial charge in [-0.2, -0.15) is 5.10 Å². The van der Waals surface area contributed by atoms with Gasteiger partial charge in [0.2, 0.25) is 0 Å². The predicted molar refractivity (Wildman–Crippen MR) is 113 cm³/mol. The molecule has 32 heavy (non-hydrogen) atoms. The van der Waals surface area contributed by atoms with E-state index in [1.54, 1.807) is 23.1 Å². The van der Waals surface area contributed by atoms with E-state index in [1.165, 1.54) is 18.9 Å². The van der Waals surface area contributed by atoms with Crippen molar-refractivity contribution in [3.05, 3.63) is 47.5 Å². The van der Waals surface area contributed by atoms with Crippen LogP contribution in [0.15, 0.2) is 30.6 Å². The van der Waals surface area contributed by atoms with Crippen LogP contribution in [0.2, 0.25) is 0 Å². The van der Waals surface area contributed by atoms with E-state index in [2.05, 4.69) is 21.9 Å². The third-order valence-corrected chi connectivity index (χ3v) is 7.26. The number of likely N-dealkylation sites (tertiary alicyclic amines) is 2. The fourth-order valence-corrected chi connectivity index (χ4v) is 5.18. The number of carbonyl (C=O) groups is 1. The minimum absolute atomic E-state index is 0.0356. The number of hydrogen-bond acceptors (Lipinski definition) is 3. The summed E-state index contributed by atoms with van der Waals surface area (Å²) in [7, 11) is 0. The topological polar surface area (TPSA) is 54.3 Å². The smallest absolute Gasteiger partial charge is 0.320 e. The Morgan fingerprint density at radius 3 is 2.59 bits per heavy atom. The van der Waals surface area contributed by atoms with Gasteiger partial charge in [-0.3, -0.25) is 0 Å². The maximum Gasteiger partial charge on any atom is 0.320 e. The van der Waals surface area contributed by atoms with Gasteiger partial charge in [0.25, 0.3) is 6.43 Å². The van der Waals surface area contributed by atoms with Crippen LogP contribution in [-0.2, 0) is 0 Å². The molecule has 2 aromatic rings. The lowest BCUT2D eigenvalue weighted by molar-refractivity contribution is -0.0775. The molecule has 4 fully saturated rings. The van der Waals surface area contributed by atoms with Crippen LogP contribution in [0.3, 0.4) is 0 Å². The largest absolute Gasteiger partial charge is 0.323 e. The number of hydrogen-bond donors (Lipinski definition) is 0. The average molecular weight is 437 g/mol. The van der Waals surface area contributed by atoms with Gasteiger partial charge in [0.05, 0.1) is 12.0 Å². The van der Waals surface area contributed by atoms with Crippen LogP contribution in [-0.4, -0.2) is 56.8 Å². The van der Waals surface area contributed by atoms with Crippen molar-refractivity contribution in [2.24, 2.45) is 11.3 Å². The zero-order valence-electron chi connectivity index (χ0n) is 17.8. The second kappa shape index (κ2) is 7.29. The molecule has 0 unspecified atom stereocenters. The van der Waals surface area contributed by atoms with Crippen molar-refractivity contribution < 1.29 is 13.6 Å². The van der Waals surface area contributed by atoms with Crippen LogP contribution >= 0.6 is 0 Å². The van der Waals surface area contributed by atoms with Gasteiger partial charge in [-0.25, -0.2) is 23.2 Å². The van der Waals surface area contributed by atoms with Crippen molar-refractivity contribution in [3.8, 4) is 11.8 Å². The third-order valence-electron chi connectivity index (χ3n) is 7.26. The SMILES string of the molecule is O=C(N1CC(C#Cc2ccccc2C(F)F)C1)N1CC2(CC(n3cnc(C4CC4)n3)C2)C1. The predicted octanol–water partition coefficient (Wildman–Crippen LogP) is 3.83. The average Bonchev–Trinajstić information content (AvgIpc) is 3.43. The van der Waals surface area contributed by atoms with E-state index in [4.69, 9.17) is 0 Å². The Balaban J connectivity index is 0.970. The zero-order chi connectivity index (χ0) is 21.9. The summed E-state index contributed by atoms with van der Waals surface area (Å²) in [5, 5.41) is 4.65. The van der Waals surface area contributed by atoms with Crippen molar-refractivity contribution in [1.82, 2.24) is 24.6 Å². The first-order chi connectivity index (χ1) is 15.5. The fourth-order valence-electron chi connectivity index (χ4n) is 5.18. The molecule has 4 aliphatic rings. The fraction of sp³-hybridized carbons (Fsp3) is 0.542. The van der Waals surface area contributed by atoms with E-state index in [-0.39, 0.29) is 22.9 Å². The monoisotopic (exact) mass is 437 g/mol. The van der Waals surface area contributed by atoms with Crippen LogP contribution in [0.4, 0.5) is 13.6 Å². The summed E-state index contributed by atoms with van der Waals surface area (Å²) in [6.45, 7) is 2.75. The molecule has 0 bridgehead atoms. The molecular formula is C24H25F2N5O. The lowest BCUT2D eigenvalue weighted by Crippen LogP contribution is -2.67. The molecule has 2 saturated heterocycles. The van der Waals surface area contributed by atoms with Crippen LogP contribution in [0.25, 0.3) is 0 Å². The summed E-state index contributed by atoms with van der Waals surface area (Å²) in [5.41, 5.74) is 0.578. The molecule has 8 heteroatoms. The van der Waals surface area contributed by atoms with Gasteiger partial charge < -0.3 is 9.80 Å². The summed E-state index contributed by atoms with van der Waals surface area (Å²) in [6.07, 6.45) is 3.87. The molecule has 6 nitrogen and oxygen atoms in total. The minimum Gasteiger partial charge on any atom is -0.323 e. The van der Waals surface area contributed by atoms with Gasteiger partial charge in [-0.05, 0) is 31.7 Å². The Morgan fingerprint density at radius 1 is 1.12 bits per heavy atom. The van der Waals surface area contributed by atoms with Crippen LogP contribution < -0.4 is 0 Å². The highest BCUT2D eigenvalue weighted by atomic mass is 19.3. The van der Waals surface area contributed by atoms with Gasteiger partial charge in [-0.1, -0.05) is 30.0 Å². The molecule has 1 spiro atoms. The van der Waals surface area contributed by atoms with E-state index in [0.29, 0.717) is 30.6 Å². The number of aromatic nitrogens is 3. The Labute approximate surface area is 185 Å². The molecule has 3 heterocycles. The zero-order valence-corrected chi connectivity index (χ0v) is 17.8. The van der Waals surface area contributed by atoms with E-state index < -0.39 is 6.43 Å². The number of halogens is 2. The molecule has 6 rings (SSSR count). The van der Waals surface area contributed by atoms with Gasteiger partial charge in [0.1, 0.15) is 6.33 Å². The highest BCUT2D eigenvalue weighted by molar-refractivity contribution is 5.76. The summed E-state index contributed by atoms with van der Waals surface area (Å²) in [4.78, 5) is 20.9. The standard InChI is InChI=1S/C24H25F2N5O/c25-21(26)20-4-2-1-3-17(20)6-5-16-11-29(12-16)23(32)30-13-24(14-30)9-19(10-24)31-15-27-22(28-31)18-7-8-18/h1-4,15-16,18-19,21H,7-14H2. The summed E-state index contributed by atoms with van der Waals surface area (Å²) in [6, 6.07) is 6.82. The molecular weight excluding hydrogens is 412 g/mol. The van der Waals surface area contributed by atoms with Crippen molar-refractivity contribution in [2.45, 2.75) is 44.1 Å². The number of carbonyl (C=O) groups excluding carboxylic acids is 1. The van der Waals surface area contributed by atoms with E-state index in [1.807, 2.05) is 15.9 Å². The van der Waals surface area contributed by atoms with Crippen LogP contribution in [0.5, 0.6) is 0 Å². The molecule has 0 N–H and O–H groups in total. The van der Waals surface area contributed by atoms with Gasteiger partial charge in [0, 0.05) is 48.6 Å². The first-order valence-electron chi connectivity index (χ1n) is 11.3. The van der Waals surface area contributed by atoms with Gasteiger partial charge >= 0.3 is 6.03 Å². The molecule has 166 valence electrons. The molecule has 2 aliphatic heterocycles. The second-order valence-corrected chi connectivity index (χ2v) is 9.82. The van der Waals surface area contributed by atoms with Crippen molar-refractivity contribution in [2.75, 3.05) is 26.2 Å². The lowest BCUT2D eigenvalue weighted by Gasteiger charge is -2.59. The second-order valence-electron chi connectivity index (χ2n) is 9.82. The van der Waals surface area contributed by atoms with Gasteiger partial charge in [0.15, 0.2) is 5.82 Å². The van der Waals surface area contributed by atoms with E-state index >= 15 is 0 Å². The van der Waals surface area contributed by atoms with Crippen molar-refractivity contribution in [1.29, 1.82) is 0 Å². The highest BCUT2D eigenvalue weighted by Gasteiger charge is 2.55. The number of nitrogens with zero attached hydrogens (tertiary/aromatic N) is 5. The van der Waals surface area contributed by atoms with Crippen molar-refractivity contribution in [3.63, 3.8) is 0 Å². The van der Waals surface area contributed by atoms with E-state index in [9.17, 15) is 13.6 Å². The molecule has 1 aromatic carbocycles. The molecule has 1 aromatic heterocycles. The lowest BCUT2D eigenvalue weighted by atomic mass is 9.61. The van der Waals surface area contributed by atoms with E-state index in [0.717, 1.165) is 31.8 Å². The first-order valence-corrected chi connectivity index (χ1v) is 11.3. The summed E-state index contributed by atoms with van der Waals surface area (Å²) >= 11 is 0. The Hall–Kier alpha value is -2.95. The number of urea groups is 1. The Bertz CT molecular complexity index is 1090. The molecule has 2 aliphatic carbocycles. The first kappa shape index (κ1) is 19.7. The van der Waals surface area contributed by atoms with Crippen molar-refractivity contribution >= 4 is 6.03 Å². The van der Waals surface area contributed by atoms with Crippen LogP contribution in [0, 0.1) is 23.2 Å².